The normalized spacial score (nSPS) is 28.0. The number of hydrogen-bond acceptors (Lipinski definition) is 9. The quantitative estimate of drug-likeness (QED) is 0.336. The van der Waals surface area contributed by atoms with Crippen LogP contribution in [-0.4, -0.2) is 64.3 Å². The first-order valence-electron chi connectivity index (χ1n) is 7.38. The summed E-state index contributed by atoms with van der Waals surface area (Å²) in [6.07, 6.45) is -5.35. The number of hydrogen-bond donors (Lipinski definition) is 0. The number of carbonyl (C=O) groups excluding carboxylic acids is 4. The summed E-state index contributed by atoms with van der Waals surface area (Å²) in [6, 6.07) is 0. The van der Waals surface area contributed by atoms with Gasteiger partial charge in [-0.2, -0.15) is 0 Å². The second kappa shape index (κ2) is 9.97. The van der Waals surface area contributed by atoms with E-state index in [-0.39, 0.29) is 6.61 Å². The zero-order chi connectivity index (χ0) is 20.9. The van der Waals surface area contributed by atoms with Crippen molar-refractivity contribution in [3.05, 3.63) is 0 Å². The maximum atomic E-state index is 11.9. The van der Waals surface area contributed by atoms with Gasteiger partial charge in [0.1, 0.15) is 12.7 Å². The minimum absolute atomic E-state index is 0.376. The summed E-state index contributed by atoms with van der Waals surface area (Å²) in [5.74, 6) is -3.53. The van der Waals surface area contributed by atoms with Crippen LogP contribution < -0.4 is 0 Å². The molecule has 0 unspecified atom stereocenters. The van der Waals surface area contributed by atoms with Gasteiger partial charge < -0.3 is 23.7 Å². The van der Waals surface area contributed by atoms with Crippen LogP contribution in [0.5, 0.6) is 0 Å². The fourth-order valence-corrected chi connectivity index (χ4v) is 2.63. The first-order chi connectivity index (χ1) is 12.3. The lowest BCUT2D eigenvalue weighted by molar-refractivity contribution is -0.239. The molecule has 0 N–H and O–H groups in total. The second-order valence-corrected chi connectivity index (χ2v) is 8.06. The van der Waals surface area contributed by atoms with E-state index in [2.05, 4.69) is 0 Å². The summed E-state index contributed by atoms with van der Waals surface area (Å²) in [7, 11) is 0. The fraction of sp³-hybridized carbons (Fsp3) is 0.714. The molecule has 0 amide bonds. The Morgan fingerprint density at radius 2 is 1.37 bits per heavy atom. The first-order valence-corrected chi connectivity index (χ1v) is 8.95. The molecule has 0 aliphatic carbocycles. The molecule has 0 spiro atoms. The van der Waals surface area contributed by atoms with Gasteiger partial charge in [0.2, 0.25) is 0 Å². The Hall–Kier alpha value is -1.00. The number of halogens is 4. The van der Waals surface area contributed by atoms with E-state index in [1.807, 2.05) is 0 Å². The van der Waals surface area contributed by atoms with Gasteiger partial charge in [-0.15, -0.1) is 0 Å². The van der Waals surface area contributed by atoms with E-state index in [1.54, 1.807) is 0 Å². The third kappa shape index (κ3) is 7.50. The molecule has 1 heterocycles. The minimum Gasteiger partial charge on any atom is -0.463 e. The molecule has 1 saturated heterocycles. The van der Waals surface area contributed by atoms with E-state index >= 15 is 0 Å². The Morgan fingerprint density at radius 1 is 0.852 bits per heavy atom. The van der Waals surface area contributed by atoms with Crippen LogP contribution in [0.4, 0.5) is 0 Å². The predicted octanol–water partition coefficient (Wildman–Crippen LogP) is 1.66. The van der Waals surface area contributed by atoms with E-state index < -0.39 is 57.6 Å². The largest absolute Gasteiger partial charge is 0.463 e. The highest BCUT2D eigenvalue weighted by atomic mass is 35.6. The summed E-state index contributed by atoms with van der Waals surface area (Å²) >= 11 is 22.4. The molecule has 0 bridgehead atoms. The van der Waals surface area contributed by atoms with Crippen LogP contribution in [0.25, 0.3) is 0 Å². The lowest BCUT2D eigenvalue weighted by atomic mass is 9.99. The zero-order valence-corrected chi connectivity index (χ0v) is 17.3. The number of rotatable bonds is 5. The predicted molar refractivity (Wildman–Crippen MR) is 92.4 cm³/mol. The van der Waals surface area contributed by atoms with Crippen LogP contribution in [0.3, 0.4) is 0 Å². The van der Waals surface area contributed by atoms with Crippen molar-refractivity contribution in [2.45, 2.75) is 54.5 Å². The Balaban J connectivity index is 3.18. The van der Waals surface area contributed by atoms with Gasteiger partial charge in [-0.25, -0.2) is 4.79 Å². The van der Waals surface area contributed by atoms with E-state index in [1.165, 1.54) is 0 Å². The van der Waals surface area contributed by atoms with Crippen LogP contribution in [-0.2, 0) is 42.9 Å². The monoisotopic (exact) mass is 468 g/mol. The van der Waals surface area contributed by atoms with Crippen molar-refractivity contribution in [2.75, 3.05) is 6.61 Å². The Morgan fingerprint density at radius 3 is 1.81 bits per heavy atom. The average Bonchev–Trinajstić information content (AvgIpc) is 2.49. The van der Waals surface area contributed by atoms with Crippen molar-refractivity contribution in [2.24, 2.45) is 0 Å². The number of ether oxygens (including phenoxy) is 5. The van der Waals surface area contributed by atoms with Crippen LogP contribution in [0.15, 0.2) is 0 Å². The minimum atomic E-state index is -2.44. The molecule has 1 aliphatic heterocycles. The molecule has 1 fully saturated rings. The van der Waals surface area contributed by atoms with Gasteiger partial charge in [-0.05, 0) is 0 Å². The van der Waals surface area contributed by atoms with Crippen molar-refractivity contribution in [3.8, 4) is 0 Å². The summed E-state index contributed by atoms with van der Waals surface area (Å²) < 4.78 is 23.0. The topological polar surface area (TPSA) is 114 Å². The molecule has 1 aliphatic rings. The summed E-state index contributed by atoms with van der Waals surface area (Å²) in [4.78, 5) is 45.9. The number of esters is 4. The molecule has 0 aromatic rings. The average molecular weight is 470 g/mol. The molecule has 0 saturated carbocycles. The lowest BCUT2D eigenvalue weighted by Crippen LogP contribution is -2.61. The van der Waals surface area contributed by atoms with Gasteiger partial charge in [-0.1, -0.05) is 46.4 Å². The third-order valence-electron chi connectivity index (χ3n) is 3.11. The smallest absolute Gasteiger partial charge is 0.359 e. The van der Waals surface area contributed by atoms with Gasteiger partial charge in [0.05, 0.1) is 0 Å². The van der Waals surface area contributed by atoms with Crippen LogP contribution in [0.2, 0.25) is 0 Å². The second-order valence-electron chi connectivity index (χ2n) is 5.34. The number of carbonyl (C=O) groups is 4. The van der Waals surface area contributed by atoms with E-state index in [9.17, 15) is 19.2 Å². The van der Waals surface area contributed by atoms with Gasteiger partial charge >= 0.3 is 23.9 Å². The fourth-order valence-electron chi connectivity index (χ4n) is 2.17. The van der Waals surface area contributed by atoms with E-state index in [0.717, 1.165) is 20.8 Å². The number of alkyl halides is 4. The summed E-state index contributed by atoms with van der Waals surface area (Å²) in [6.45, 7) is 2.93. The van der Waals surface area contributed by atoms with Crippen molar-refractivity contribution >= 4 is 70.3 Å². The maximum Gasteiger partial charge on any atom is 0.359 e. The van der Waals surface area contributed by atoms with Crippen LogP contribution in [0, 0.1) is 0 Å². The Kier molecular flexibility index (Phi) is 8.88. The standard InChI is InChI=1S/C14H16Cl4O9/c1-5(19)23-4-8-9(24-6(2)20)10(25-7(3)21)11(12(15)26-8)27-13(22)14(16,17)18/h8-12H,4H2,1-3H3/t8-,9+,10-,11-,12+/m0/s1. The highest BCUT2D eigenvalue weighted by Gasteiger charge is 2.53. The Labute approximate surface area is 174 Å². The molecule has 9 nitrogen and oxygen atoms in total. The molecule has 0 aromatic heterocycles. The SMILES string of the molecule is CC(=O)OC[C@@H]1O[C@@H](Cl)[C@@H](OC(=O)C(Cl)(Cl)Cl)[C@@H](OC(C)=O)[C@@H]1OC(C)=O. The highest BCUT2D eigenvalue weighted by molar-refractivity contribution is 6.75. The lowest BCUT2D eigenvalue weighted by Gasteiger charge is -2.42. The molecule has 1 rings (SSSR count). The summed E-state index contributed by atoms with van der Waals surface area (Å²) in [5, 5.41) is 0. The molecule has 0 aromatic carbocycles. The van der Waals surface area contributed by atoms with Crippen LogP contribution in [0.1, 0.15) is 20.8 Å². The highest BCUT2D eigenvalue weighted by Crippen LogP contribution is 2.34. The van der Waals surface area contributed by atoms with Crippen molar-refractivity contribution in [1.29, 1.82) is 0 Å². The molecule has 154 valence electrons. The Bertz CT molecular complexity index is 592. The molecule has 13 heteroatoms. The van der Waals surface area contributed by atoms with Gasteiger partial charge in [0.15, 0.2) is 23.9 Å². The zero-order valence-electron chi connectivity index (χ0n) is 14.3. The van der Waals surface area contributed by atoms with E-state index in [0.29, 0.717) is 0 Å². The summed E-state index contributed by atoms with van der Waals surface area (Å²) in [5.41, 5.74) is -1.40. The molecular weight excluding hydrogens is 454 g/mol. The van der Waals surface area contributed by atoms with Crippen molar-refractivity contribution < 1.29 is 42.9 Å². The molecule has 5 atom stereocenters. The van der Waals surface area contributed by atoms with Crippen molar-refractivity contribution in [1.82, 2.24) is 0 Å². The molecule has 0 radical (unpaired) electrons. The van der Waals surface area contributed by atoms with Gasteiger partial charge in [-0.3, -0.25) is 14.4 Å². The molecule has 27 heavy (non-hydrogen) atoms. The third-order valence-corrected chi connectivity index (χ3v) is 3.92. The van der Waals surface area contributed by atoms with Crippen molar-refractivity contribution in [3.63, 3.8) is 0 Å². The van der Waals surface area contributed by atoms with Gasteiger partial charge in [0.25, 0.3) is 3.79 Å². The first kappa shape index (κ1) is 24.0. The van der Waals surface area contributed by atoms with Gasteiger partial charge in [0, 0.05) is 20.8 Å². The molecular formula is C14H16Cl4O9. The maximum absolute atomic E-state index is 11.9. The van der Waals surface area contributed by atoms with Crippen LogP contribution >= 0.6 is 46.4 Å². The van der Waals surface area contributed by atoms with E-state index in [4.69, 9.17) is 70.1 Å².